The van der Waals surface area contributed by atoms with E-state index in [0.29, 0.717) is 28.8 Å². The van der Waals surface area contributed by atoms with Crippen LogP contribution in [0.2, 0.25) is 0 Å². The Morgan fingerprint density at radius 1 is 1.19 bits per heavy atom. The topological polar surface area (TPSA) is 63.7 Å². The number of pyridine rings is 1. The molecule has 26 heavy (non-hydrogen) atoms. The van der Waals surface area contributed by atoms with Gasteiger partial charge in [0, 0.05) is 31.0 Å². The summed E-state index contributed by atoms with van der Waals surface area (Å²) < 4.78 is 10.5. The number of rotatable bonds is 5. The summed E-state index contributed by atoms with van der Waals surface area (Å²) in [4.78, 5) is 18.9. The van der Waals surface area contributed by atoms with E-state index < -0.39 is 0 Å². The van der Waals surface area contributed by atoms with Gasteiger partial charge in [0.05, 0.1) is 19.8 Å². The highest BCUT2D eigenvalue weighted by Crippen LogP contribution is 2.30. The molecule has 1 aromatic carbocycles. The van der Waals surface area contributed by atoms with Gasteiger partial charge in [-0.25, -0.2) is 4.98 Å². The van der Waals surface area contributed by atoms with Crippen LogP contribution in [0.1, 0.15) is 30.1 Å². The molecule has 1 N–H and O–H groups in total. The summed E-state index contributed by atoms with van der Waals surface area (Å²) in [5, 5.41) is 3.21. The van der Waals surface area contributed by atoms with Crippen molar-refractivity contribution in [3.63, 3.8) is 0 Å². The standard InChI is InChI=1S/C20H25N3O3/c1-14-5-4-10-23(13-14)20(24)15-6-9-19(21-12-15)22-16-7-8-17(25-2)18(11-16)26-3/h6-9,11-12,14H,4-5,10,13H2,1-3H3,(H,21,22). The molecule has 1 saturated heterocycles. The van der Waals surface area contributed by atoms with E-state index in [2.05, 4.69) is 17.2 Å². The number of ether oxygens (including phenoxy) is 2. The van der Waals surface area contributed by atoms with Gasteiger partial charge in [0.2, 0.25) is 0 Å². The molecule has 1 atom stereocenters. The molecule has 6 nitrogen and oxygen atoms in total. The second-order valence-electron chi connectivity index (χ2n) is 6.63. The average Bonchev–Trinajstić information content (AvgIpc) is 2.68. The molecule has 1 fully saturated rings. The zero-order chi connectivity index (χ0) is 18.5. The molecule has 1 aliphatic rings. The minimum absolute atomic E-state index is 0.0571. The van der Waals surface area contributed by atoms with Crippen LogP contribution in [0.25, 0.3) is 0 Å². The largest absolute Gasteiger partial charge is 0.493 e. The fraction of sp³-hybridized carbons (Fsp3) is 0.400. The van der Waals surface area contributed by atoms with Crippen LogP contribution in [-0.4, -0.2) is 43.1 Å². The molecule has 1 unspecified atom stereocenters. The number of hydrogen-bond acceptors (Lipinski definition) is 5. The lowest BCUT2D eigenvalue weighted by Gasteiger charge is -2.30. The zero-order valence-electron chi connectivity index (χ0n) is 15.5. The molecule has 2 aromatic rings. The third-order valence-corrected chi connectivity index (χ3v) is 4.61. The van der Waals surface area contributed by atoms with Gasteiger partial charge in [-0.2, -0.15) is 0 Å². The van der Waals surface area contributed by atoms with E-state index in [1.807, 2.05) is 35.2 Å². The fourth-order valence-electron chi connectivity index (χ4n) is 3.21. The fourth-order valence-corrected chi connectivity index (χ4v) is 3.21. The quantitative estimate of drug-likeness (QED) is 0.886. The molecule has 6 heteroatoms. The SMILES string of the molecule is COc1ccc(Nc2ccc(C(=O)N3CCCC(C)C3)cn2)cc1OC. The second kappa shape index (κ2) is 8.08. The average molecular weight is 355 g/mol. The minimum Gasteiger partial charge on any atom is -0.493 e. The maximum atomic E-state index is 12.6. The van der Waals surface area contributed by atoms with Crippen LogP contribution in [0.3, 0.4) is 0 Å². The number of nitrogens with zero attached hydrogens (tertiary/aromatic N) is 2. The van der Waals surface area contributed by atoms with Gasteiger partial charge in [0.15, 0.2) is 11.5 Å². The van der Waals surface area contributed by atoms with Gasteiger partial charge in [0.25, 0.3) is 5.91 Å². The van der Waals surface area contributed by atoms with Gasteiger partial charge in [-0.15, -0.1) is 0 Å². The van der Waals surface area contributed by atoms with Crippen molar-refractivity contribution >= 4 is 17.4 Å². The molecule has 2 heterocycles. The van der Waals surface area contributed by atoms with E-state index in [1.165, 1.54) is 6.42 Å². The number of hydrogen-bond donors (Lipinski definition) is 1. The van der Waals surface area contributed by atoms with Crippen LogP contribution in [0.15, 0.2) is 36.5 Å². The van der Waals surface area contributed by atoms with E-state index in [0.717, 1.165) is 25.2 Å². The van der Waals surface area contributed by atoms with E-state index in [1.54, 1.807) is 20.4 Å². The number of aromatic nitrogens is 1. The van der Waals surface area contributed by atoms with E-state index in [-0.39, 0.29) is 5.91 Å². The lowest BCUT2D eigenvalue weighted by Crippen LogP contribution is -2.39. The van der Waals surface area contributed by atoms with Crippen LogP contribution in [0.5, 0.6) is 11.5 Å². The molecule has 138 valence electrons. The van der Waals surface area contributed by atoms with Crippen LogP contribution < -0.4 is 14.8 Å². The molecule has 0 spiro atoms. The second-order valence-corrected chi connectivity index (χ2v) is 6.63. The number of carbonyl (C=O) groups excluding carboxylic acids is 1. The zero-order valence-corrected chi connectivity index (χ0v) is 15.5. The summed E-state index contributed by atoms with van der Waals surface area (Å²) >= 11 is 0. The van der Waals surface area contributed by atoms with Gasteiger partial charge in [-0.05, 0) is 43.0 Å². The van der Waals surface area contributed by atoms with Crippen molar-refractivity contribution in [3.05, 3.63) is 42.1 Å². The van der Waals surface area contributed by atoms with E-state index in [9.17, 15) is 4.79 Å². The number of amides is 1. The lowest BCUT2D eigenvalue weighted by atomic mass is 10.00. The summed E-state index contributed by atoms with van der Waals surface area (Å²) in [6.07, 6.45) is 3.89. The molecule has 1 aliphatic heterocycles. The van der Waals surface area contributed by atoms with Crippen molar-refractivity contribution in [1.29, 1.82) is 0 Å². The number of methoxy groups -OCH3 is 2. The first-order valence-electron chi connectivity index (χ1n) is 8.85. The van der Waals surface area contributed by atoms with Crippen LogP contribution in [0, 0.1) is 5.92 Å². The van der Waals surface area contributed by atoms with Crippen molar-refractivity contribution in [2.75, 3.05) is 32.6 Å². The maximum absolute atomic E-state index is 12.6. The lowest BCUT2D eigenvalue weighted by molar-refractivity contribution is 0.0682. The predicted molar refractivity (Wildman–Crippen MR) is 101 cm³/mol. The van der Waals surface area contributed by atoms with Gasteiger partial charge >= 0.3 is 0 Å². The van der Waals surface area contributed by atoms with Crippen molar-refractivity contribution in [2.45, 2.75) is 19.8 Å². The molecule has 0 aliphatic carbocycles. The Morgan fingerprint density at radius 2 is 2.00 bits per heavy atom. The molecule has 0 bridgehead atoms. The minimum atomic E-state index is 0.0571. The highest BCUT2D eigenvalue weighted by Gasteiger charge is 2.22. The number of piperidine rings is 1. The Bertz CT molecular complexity index is 761. The molecule has 1 amide bonds. The third kappa shape index (κ3) is 4.07. The predicted octanol–water partition coefficient (Wildman–Crippen LogP) is 3.71. The molecular weight excluding hydrogens is 330 g/mol. The van der Waals surface area contributed by atoms with Crippen molar-refractivity contribution in [3.8, 4) is 11.5 Å². The molecule has 1 aromatic heterocycles. The number of anilines is 2. The van der Waals surface area contributed by atoms with Gasteiger partial charge in [0.1, 0.15) is 5.82 Å². The summed E-state index contributed by atoms with van der Waals surface area (Å²) in [5.74, 6) is 2.60. The first-order chi connectivity index (χ1) is 12.6. The summed E-state index contributed by atoms with van der Waals surface area (Å²) in [6.45, 7) is 3.84. The third-order valence-electron chi connectivity index (χ3n) is 4.61. The first-order valence-corrected chi connectivity index (χ1v) is 8.85. The number of nitrogens with one attached hydrogen (secondary N) is 1. The Morgan fingerprint density at radius 3 is 2.65 bits per heavy atom. The van der Waals surface area contributed by atoms with Crippen LogP contribution in [0.4, 0.5) is 11.5 Å². The summed E-state index contributed by atoms with van der Waals surface area (Å²) in [6, 6.07) is 9.19. The van der Waals surface area contributed by atoms with E-state index >= 15 is 0 Å². The maximum Gasteiger partial charge on any atom is 0.255 e. The van der Waals surface area contributed by atoms with Gasteiger partial charge in [-0.3, -0.25) is 4.79 Å². The van der Waals surface area contributed by atoms with Crippen LogP contribution in [-0.2, 0) is 0 Å². The Labute approximate surface area is 154 Å². The molecule has 0 radical (unpaired) electrons. The van der Waals surface area contributed by atoms with Crippen molar-refractivity contribution in [1.82, 2.24) is 9.88 Å². The molecular formula is C20H25N3O3. The first kappa shape index (κ1) is 18.0. The summed E-state index contributed by atoms with van der Waals surface area (Å²) in [5.41, 5.74) is 1.45. The smallest absolute Gasteiger partial charge is 0.255 e. The Kier molecular flexibility index (Phi) is 5.61. The van der Waals surface area contributed by atoms with Gasteiger partial charge in [-0.1, -0.05) is 6.92 Å². The number of carbonyl (C=O) groups is 1. The monoisotopic (exact) mass is 355 g/mol. The Hall–Kier alpha value is -2.76. The van der Waals surface area contributed by atoms with Gasteiger partial charge < -0.3 is 19.7 Å². The van der Waals surface area contributed by atoms with Crippen molar-refractivity contribution < 1.29 is 14.3 Å². The summed E-state index contributed by atoms with van der Waals surface area (Å²) in [7, 11) is 3.20. The highest BCUT2D eigenvalue weighted by molar-refractivity contribution is 5.94. The highest BCUT2D eigenvalue weighted by atomic mass is 16.5. The Balaban J connectivity index is 1.69. The molecule has 0 saturated carbocycles. The molecule has 3 rings (SSSR count). The van der Waals surface area contributed by atoms with Crippen LogP contribution >= 0.6 is 0 Å². The van der Waals surface area contributed by atoms with Crippen molar-refractivity contribution in [2.24, 2.45) is 5.92 Å². The number of likely N-dealkylation sites (tertiary alicyclic amines) is 1. The number of benzene rings is 1. The van der Waals surface area contributed by atoms with E-state index in [4.69, 9.17) is 9.47 Å². The normalized spacial score (nSPS) is 16.9.